The van der Waals surface area contributed by atoms with E-state index in [0.717, 1.165) is 37.7 Å². The number of aliphatic hydroxyl groups is 1. The molecule has 2 N–H and O–H groups in total. The number of rotatable bonds is 5. The van der Waals surface area contributed by atoms with Gasteiger partial charge >= 0.3 is 5.97 Å². The summed E-state index contributed by atoms with van der Waals surface area (Å²) in [5.41, 5.74) is 2.48. The van der Waals surface area contributed by atoms with Gasteiger partial charge in [0.05, 0.1) is 0 Å². The van der Waals surface area contributed by atoms with E-state index in [0.29, 0.717) is 11.8 Å². The molecule has 0 aromatic carbocycles. The number of allylic oxidation sites excluding steroid dienone is 3. The van der Waals surface area contributed by atoms with Gasteiger partial charge in [0.15, 0.2) is 0 Å². The molecule has 23 heavy (non-hydrogen) atoms. The summed E-state index contributed by atoms with van der Waals surface area (Å²) in [4.78, 5) is 10.9. The smallest absolute Gasteiger partial charge is 0.328 e. The molecule has 0 aromatic rings. The normalized spacial score (nSPS) is 38.0. The molecule has 4 atom stereocenters. The van der Waals surface area contributed by atoms with Crippen LogP contribution in [0.3, 0.4) is 0 Å². The third kappa shape index (κ3) is 3.26. The number of aliphatic hydroxyl groups excluding tert-OH is 1. The summed E-state index contributed by atoms with van der Waals surface area (Å²) in [5.74, 6) is 0.0963. The second-order valence-corrected chi connectivity index (χ2v) is 8.09. The molecule has 3 nitrogen and oxygen atoms in total. The third-order valence-corrected chi connectivity index (χ3v) is 7.00. The highest BCUT2D eigenvalue weighted by Crippen LogP contribution is 2.61. The van der Waals surface area contributed by atoms with Crippen LogP contribution in [0.25, 0.3) is 0 Å². The first kappa shape index (κ1) is 18.3. The summed E-state index contributed by atoms with van der Waals surface area (Å²) < 4.78 is 0. The van der Waals surface area contributed by atoms with E-state index >= 15 is 0 Å². The summed E-state index contributed by atoms with van der Waals surface area (Å²) in [6.45, 7) is 9.00. The summed E-state index contributed by atoms with van der Waals surface area (Å²) in [6.07, 6.45) is 9.91. The fraction of sp³-hybridized carbons (Fsp3) is 0.750. The average Bonchev–Trinajstić information content (AvgIpc) is 2.48. The van der Waals surface area contributed by atoms with Crippen LogP contribution in [0.2, 0.25) is 0 Å². The van der Waals surface area contributed by atoms with E-state index < -0.39 is 5.97 Å². The first-order valence-corrected chi connectivity index (χ1v) is 8.94. The van der Waals surface area contributed by atoms with Crippen LogP contribution < -0.4 is 0 Å². The Kier molecular flexibility index (Phi) is 5.40. The molecule has 0 aliphatic heterocycles. The van der Waals surface area contributed by atoms with Gasteiger partial charge in [-0.3, -0.25) is 0 Å². The second kappa shape index (κ2) is 6.80. The molecule has 0 saturated heterocycles. The zero-order valence-electron chi connectivity index (χ0n) is 15.1. The molecule has 0 bridgehead atoms. The van der Waals surface area contributed by atoms with E-state index in [1.807, 2.05) is 6.92 Å². The van der Waals surface area contributed by atoms with Crippen molar-refractivity contribution in [2.45, 2.75) is 66.2 Å². The highest BCUT2D eigenvalue weighted by Gasteiger charge is 2.54. The van der Waals surface area contributed by atoms with Gasteiger partial charge in [0, 0.05) is 12.7 Å². The van der Waals surface area contributed by atoms with Crippen LogP contribution in [0.1, 0.15) is 66.2 Å². The van der Waals surface area contributed by atoms with Crippen molar-refractivity contribution < 1.29 is 15.0 Å². The predicted molar refractivity (Wildman–Crippen MR) is 93.1 cm³/mol. The molecule has 4 unspecified atom stereocenters. The lowest BCUT2D eigenvalue weighted by atomic mass is 9.46. The number of aliphatic carboxylic acids is 1. The minimum absolute atomic E-state index is 0.0872. The second-order valence-electron chi connectivity index (χ2n) is 8.09. The van der Waals surface area contributed by atoms with E-state index in [1.54, 1.807) is 0 Å². The number of fused-ring (bicyclic) bond motifs is 1. The van der Waals surface area contributed by atoms with Crippen molar-refractivity contribution in [2.24, 2.45) is 22.7 Å². The number of carboxylic acid groups (broad SMARTS) is 1. The molecule has 2 rings (SSSR count). The SMILES string of the molecule is CC(=CC(=O)O)CCC1(CO)C(C)CCC2(C)C(C)=CCCC21. The summed E-state index contributed by atoms with van der Waals surface area (Å²) >= 11 is 0. The summed E-state index contributed by atoms with van der Waals surface area (Å²) in [6, 6.07) is 0. The molecule has 0 radical (unpaired) electrons. The monoisotopic (exact) mass is 320 g/mol. The molecule has 0 amide bonds. The van der Waals surface area contributed by atoms with Crippen LogP contribution in [0, 0.1) is 22.7 Å². The van der Waals surface area contributed by atoms with Crippen LogP contribution in [-0.4, -0.2) is 22.8 Å². The summed E-state index contributed by atoms with van der Waals surface area (Å²) in [7, 11) is 0. The molecular formula is C20H32O3. The van der Waals surface area contributed by atoms with Crippen LogP contribution in [-0.2, 0) is 4.79 Å². The van der Waals surface area contributed by atoms with E-state index in [-0.39, 0.29) is 17.4 Å². The van der Waals surface area contributed by atoms with Crippen molar-refractivity contribution in [1.29, 1.82) is 0 Å². The van der Waals surface area contributed by atoms with Crippen LogP contribution >= 0.6 is 0 Å². The highest BCUT2D eigenvalue weighted by atomic mass is 16.4. The van der Waals surface area contributed by atoms with Gasteiger partial charge in [0.2, 0.25) is 0 Å². The van der Waals surface area contributed by atoms with E-state index in [2.05, 4.69) is 26.8 Å². The lowest BCUT2D eigenvalue weighted by Gasteiger charge is -2.58. The van der Waals surface area contributed by atoms with Crippen molar-refractivity contribution in [3.63, 3.8) is 0 Å². The molecule has 1 saturated carbocycles. The Morgan fingerprint density at radius 3 is 2.74 bits per heavy atom. The van der Waals surface area contributed by atoms with E-state index in [9.17, 15) is 9.90 Å². The Labute approximate surface area is 140 Å². The zero-order chi connectivity index (χ0) is 17.3. The minimum Gasteiger partial charge on any atom is -0.478 e. The van der Waals surface area contributed by atoms with Gasteiger partial charge < -0.3 is 10.2 Å². The van der Waals surface area contributed by atoms with Gasteiger partial charge in [-0.05, 0) is 75.0 Å². The Hall–Kier alpha value is -1.09. The number of carboxylic acids is 1. The topological polar surface area (TPSA) is 57.5 Å². The average molecular weight is 320 g/mol. The van der Waals surface area contributed by atoms with Gasteiger partial charge in [-0.15, -0.1) is 0 Å². The van der Waals surface area contributed by atoms with E-state index in [1.165, 1.54) is 18.1 Å². The van der Waals surface area contributed by atoms with Crippen molar-refractivity contribution in [3.05, 3.63) is 23.3 Å². The predicted octanol–water partition coefficient (Wildman–Crippen LogP) is 4.57. The van der Waals surface area contributed by atoms with Crippen molar-refractivity contribution in [3.8, 4) is 0 Å². The van der Waals surface area contributed by atoms with Gasteiger partial charge in [-0.2, -0.15) is 0 Å². The standard InChI is InChI=1S/C20H32O3/c1-14(12-18(22)23)8-11-20(13-21)16(3)9-10-19(4)15(2)6-5-7-17(19)20/h6,12,16-17,21H,5,7-11,13H2,1-4H3,(H,22,23). The molecule has 0 heterocycles. The molecule has 1 fully saturated rings. The van der Waals surface area contributed by atoms with Crippen molar-refractivity contribution >= 4 is 5.97 Å². The maximum Gasteiger partial charge on any atom is 0.328 e. The largest absolute Gasteiger partial charge is 0.478 e. The number of carbonyl (C=O) groups is 1. The van der Waals surface area contributed by atoms with Gasteiger partial charge in [-0.25, -0.2) is 4.79 Å². The van der Waals surface area contributed by atoms with Crippen LogP contribution in [0.5, 0.6) is 0 Å². The maximum atomic E-state index is 10.9. The fourth-order valence-corrected chi connectivity index (χ4v) is 5.21. The molecule has 3 heteroatoms. The Morgan fingerprint density at radius 2 is 2.13 bits per heavy atom. The van der Waals surface area contributed by atoms with Gasteiger partial charge in [-0.1, -0.05) is 31.1 Å². The number of hydrogen-bond donors (Lipinski definition) is 2. The molecule has 0 spiro atoms. The lowest BCUT2D eigenvalue weighted by molar-refractivity contribution is -0.131. The molecular weight excluding hydrogens is 288 g/mol. The summed E-state index contributed by atoms with van der Waals surface area (Å²) in [5, 5.41) is 19.3. The molecule has 0 aromatic heterocycles. The minimum atomic E-state index is -0.876. The Bertz CT molecular complexity index is 519. The third-order valence-electron chi connectivity index (χ3n) is 7.00. The first-order chi connectivity index (χ1) is 10.8. The van der Waals surface area contributed by atoms with Gasteiger partial charge in [0.1, 0.15) is 0 Å². The van der Waals surface area contributed by atoms with Crippen molar-refractivity contribution in [1.82, 2.24) is 0 Å². The zero-order valence-corrected chi connectivity index (χ0v) is 15.1. The first-order valence-electron chi connectivity index (χ1n) is 8.94. The molecule has 2 aliphatic carbocycles. The van der Waals surface area contributed by atoms with Gasteiger partial charge in [0.25, 0.3) is 0 Å². The van der Waals surface area contributed by atoms with Crippen molar-refractivity contribution in [2.75, 3.05) is 6.61 Å². The fourth-order valence-electron chi connectivity index (χ4n) is 5.21. The van der Waals surface area contributed by atoms with Crippen LogP contribution in [0.15, 0.2) is 23.3 Å². The molecule has 130 valence electrons. The molecule has 2 aliphatic rings. The lowest BCUT2D eigenvalue weighted by Crippen LogP contribution is -2.53. The Balaban J connectivity index is 2.30. The highest BCUT2D eigenvalue weighted by molar-refractivity contribution is 5.80. The quantitative estimate of drug-likeness (QED) is 0.576. The maximum absolute atomic E-state index is 10.9. The van der Waals surface area contributed by atoms with E-state index in [4.69, 9.17) is 5.11 Å². The Morgan fingerprint density at radius 1 is 1.43 bits per heavy atom. The number of hydrogen-bond acceptors (Lipinski definition) is 2. The van der Waals surface area contributed by atoms with Crippen LogP contribution in [0.4, 0.5) is 0 Å².